The predicted octanol–water partition coefficient (Wildman–Crippen LogP) is 0.589. The van der Waals surface area contributed by atoms with Gasteiger partial charge in [-0.2, -0.15) is 0 Å². The van der Waals surface area contributed by atoms with Crippen LogP contribution in [0.1, 0.15) is 20.8 Å². The molecule has 0 unspecified atom stereocenters. The molecular weight excluding hydrogens is 294 g/mol. The Kier molecular flexibility index (Phi) is 2.68. The Labute approximate surface area is 111 Å². The van der Waals surface area contributed by atoms with Crippen LogP contribution in [0.3, 0.4) is 0 Å². The summed E-state index contributed by atoms with van der Waals surface area (Å²) < 4.78 is 49.4. The Balaban J connectivity index is 2.93. The second-order valence-corrected chi connectivity index (χ2v) is 8.91. The van der Waals surface area contributed by atoms with Crippen molar-refractivity contribution in [2.45, 2.75) is 36.1 Å². The Hall–Kier alpha value is -1.32. The molecule has 1 aliphatic rings. The van der Waals surface area contributed by atoms with Crippen LogP contribution in [0.25, 0.3) is 0 Å². The molecule has 0 spiro atoms. The highest BCUT2D eigenvalue weighted by Gasteiger charge is 2.53. The number of sulfonamides is 2. The third-order valence-corrected chi connectivity index (χ3v) is 7.64. The molecule has 1 aromatic carbocycles. The van der Waals surface area contributed by atoms with Crippen molar-refractivity contribution in [3.8, 4) is 11.5 Å². The monoisotopic (exact) mass is 307 g/mol. The minimum Gasteiger partial charge on any atom is -0.504 e. The Morgan fingerprint density at radius 2 is 1.21 bits per heavy atom. The van der Waals surface area contributed by atoms with E-state index < -0.39 is 46.9 Å². The van der Waals surface area contributed by atoms with Gasteiger partial charge >= 0.3 is 0 Å². The lowest BCUT2D eigenvalue weighted by Crippen LogP contribution is -2.45. The second-order valence-electron chi connectivity index (χ2n) is 5.17. The van der Waals surface area contributed by atoms with Gasteiger partial charge in [0.15, 0.2) is 11.5 Å². The predicted molar refractivity (Wildman–Crippen MR) is 65.7 cm³/mol. The maximum atomic E-state index is 12.3. The van der Waals surface area contributed by atoms with Crippen LogP contribution >= 0.6 is 0 Å². The molecule has 0 bridgehead atoms. The summed E-state index contributed by atoms with van der Waals surface area (Å²) in [6, 6.07) is 1.48. The van der Waals surface area contributed by atoms with E-state index in [4.69, 9.17) is 0 Å². The van der Waals surface area contributed by atoms with E-state index in [0.717, 1.165) is 12.1 Å². The smallest absolute Gasteiger partial charge is 0.258 e. The highest BCUT2D eigenvalue weighted by molar-refractivity contribution is 8.06. The van der Waals surface area contributed by atoms with Crippen LogP contribution in [-0.2, 0) is 20.0 Å². The molecule has 0 atom stereocenters. The molecule has 19 heavy (non-hydrogen) atoms. The zero-order valence-electron chi connectivity index (χ0n) is 10.4. The number of rotatable bonds is 0. The molecule has 2 rings (SSSR count). The molecule has 1 aliphatic heterocycles. The molecule has 1 heterocycles. The fourth-order valence-electron chi connectivity index (χ4n) is 1.97. The summed E-state index contributed by atoms with van der Waals surface area (Å²) in [7, 11) is -8.55. The molecule has 0 radical (unpaired) electrons. The highest BCUT2D eigenvalue weighted by atomic mass is 32.3. The number of fused-ring (bicyclic) bond motifs is 1. The number of phenolic OH excluding ortho intramolecular Hbond substituents is 2. The lowest BCUT2D eigenvalue weighted by Gasteiger charge is -2.28. The molecule has 2 N–H and O–H groups in total. The Morgan fingerprint density at radius 3 is 1.47 bits per heavy atom. The average Bonchev–Trinajstić information content (AvgIpc) is 2.31. The van der Waals surface area contributed by atoms with Gasteiger partial charge in [-0.15, -0.1) is 0 Å². The summed E-state index contributed by atoms with van der Waals surface area (Å²) in [6.07, 6.45) is 0. The largest absolute Gasteiger partial charge is 0.504 e. The molecule has 106 valence electrons. The molecule has 1 aromatic rings. The summed E-state index contributed by atoms with van der Waals surface area (Å²) in [5.41, 5.74) is -1.19. The molecule has 9 heteroatoms. The quantitative estimate of drug-likeness (QED) is 0.678. The SMILES string of the molecule is CC(C)(C)N1S(=O)(=O)c2cc(O)c(O)cc2S1(=O)=O. The van der Waals surface area contributed by atoms with Crippen molar-refractivity contribution < 1.29 is 27.0 Å². The molecular formula is C10H13NO6S2. The molecule has 0 fully saturated rings. The zero-order chi connectivity index (χ0) is 14.8. The Bertz CT molecular complexity index is 699. The van der Waals surface area contributed by atoms with E-state index in [1.165, 1.54) is 20.8 Å². The van der Waals surface area contributed by atoms with E-state index in [2.05, 4.69) is 0 Å². The first-order valence-electron chi connectivity index (χ1n) is 5.27. The number of aromatic hydroxyl groups is 2. The molecule has 0 aliphatic carbocycles. The van der Waals surface area contributed by atoms with E-state index in [9.17, 15) is 27.0 Å². The second kappa shape index (κ2) is 3.62. The van der Waals surface area contributed by atoms with Gasteiger partial charge in [0.1, 0.15) is 9.79 Å². The summed E-state index contributed by atoms with van der Waals surface area (Å²) in [5.74, 6) is -1.37. The summed E-state index contributed by atoms with van der Waals surface area (Å²) in [6.45, 7) is 4.31. The molecule has 0 amide bonds. The molecule has 0 aromatic heterocycles. The van der Waals surface area contributed by atoms with Gasteiger partial charge in [0.25, 0.3) is 20.0 Å². The Morgan fingerprint density at radius 1 is 0.895 bits per heavy atom. The minimum absolute atomic E-state index is 0.385. The lowest BCUT2D eigenvalue weighted by atomic mass is 10.1. The third-order valence-electron chi connectivity index (χ3n) is 2.58. The molecule has 0 saturated carbocycles. The van der Waals surface area contributed by atoms with Crippen LogP contribution in [0.2, 0.25) is 0 Å². The maximum Gasteiger partial charge on any atom is 0.258 e. The van der Waals surface area contributed by atoms with Crippen LogP contribution < -0.4 is 0 Å². The van der Waals surface area contributed by atoms with E-state index in [0.29, 0.717) is 3.71 Å². The third kappa shape index (κ3) is 1.80. The number of phenols is 2. The summed E-state index contributed by atoms with van der Waals surface area (Å²) in [4.78, 5) is -1.06. The van der Waals surface area contributed by atoms with E-state index in [1.807, 2.05) is 0 Å². The van der Waals surface area contributed by atoms with E-state index >= 15 is 0 Å². The lowest BCUT2D eigenvalue weighted by molar-refractivity contribution is 0.357. The standard InChI is InChI=1S/C10H13NO6S2/c1-10(2,3)11-18(14,15)8-4-6(12)7(13)5-9(8)19(11,16)17/h4-5,12-13H,1-3H3. The number of benzene rings is 1. The maximum absolute atomic E-state index is 12.3. The van der Waals surface area contributed by atoms with Crippen molar-refractivity contribution in [3.05, 3.63) is 12.1 Å². The van der Waals surface area contributed by atoms with Gasteiger partial charge in [-0.05, 0) is 20.8 Å². The van der Waals surface area contributed by atoms with Crippen molar-refractivity contribution in [1.29, 1.82) is 0 Å². The summed E-state index contributed by atoms with van der Waals surface area (Å²) in [5, 5.41) is 18.7. The van der Waals surface area contributed by atoms with E-state index in [-0.39, 0.29) is 0 Å². The minimum atomic E-state index is -4.28. The van der Waals surface area contributed by atoms with Crippen molar-refractivity contribution >= 4 is 20.0 Å². The van der Waals surface area contributed by atoms with Crippen molar-refractivity contribution in [2.75, 3.05) is 0 Å². The van der Waals surface area contributed by atoms with Crippen LogP contribution in [-0.4, -0.2) is 36.3 Å². The summed E-state index contributed by atoms with van der Waals surface area (Å²) >= 11 is 0. The molecule has 7 nitrogen and oxygen atoms in total. The first-order valence-corrected chi connectivity index (χ1v) is 8.15. The topological polar surface area (TPSA) is 112 Å². The number of hydrogen-bond acceptors (Lipinski definition) is 6. The van der Waals surface area contributed by atoms with Crippen molar-refractivity contribution in [2.24, 2.45) is 0 Å². The van der Waals surface area contributed by atoms with Crippen molar-refractivity contribution in [1.82, 2.24) is 3.71 Å². The van der Waals surface area contributed by atoms with Gasteiger partial charge in [-0.3, -0.25) is 0 Å². The van der Waals surface area contributed by atoms with Gasteiger partial charge in [-0.25, -0.2) is 16.8 Å². The zero-order valence-corrected chi connectivity index (χ0v) is 12.1. The first-order chi connectivity index (χ1) is 8.40. The van der Waals surface area contributed by atoms with Crippen LogP contribution in [0.5, 0.6) is 11.5 Å². The first kappa shape index (κ1) is 14.1. The van der Waals surface area contributed by atoms with Crippen molar-refractivity contribution in [3.63, 3.8) is 0 Å². The fraction of sp³-hybridized carbons (Fsp3) is 0.400. The van der Waals surface area contributed by atoms with E-state index in [1.54, 1.807) is 0 Å². The highest BCUT2D eigenvalue weighted by Crippen LogP contribution is 2.45. The van der Waals surface area contributed by atoms with Gasteiger partial charge in [-0.1, -0.05) is 3.71 Å². The fourth-order valence-corrected chi connectivity index (χ4v) is 7.06. The molecule has 0 saturated heterocycles. The van der Waals surface area contributed by atoms with Crippen LogP contribution in [0, 0.1) is 0 Å². The number of hydrogen-bond donors (Lipinski definition) is 2. The van der Waals surface area contributed by atoms with Gasteiger partial charge in [0, 0.05) is 17.7 Å². The van der Waals surface area contributed by atoms with Gasteiger partial charge in [0.05, 0.1) is 0 Å². The van der Waals surface area contributed by atoms with Gasteiger partial charge < -0.3 is 10.2 Å². The number of nitrogens with zero attached hydrogens (tertiary/aromatic N) is 1. The average molecular weight is 307 g/mol. The van der Waals surface area contributed by atoms with Crippen LogP contribution in [0.4, 0.5) is 0 Å². The normalized spacial score (nSPS) is 21.2. The van der Waals surface area contributed by atoms with Gasteiger partial charge in [0.2, 0.25) is 0 Å². The van der Waals surface area contributed by atoms with Crippen LogP contribution in [0.15, 0.2) is 21.9 Å².